The summed E-state index contributed by atoms with van der Waals surface area (Å²) in [4.78, 5) is 0. The average Bonchev–Trinajstić information content (AvgIpc) is 2.31. The fourth-order valence-corrected chi connectivity index (χ4v) is 2.74. The van der Waals surface area contributed by atoms with Gasteiger partial charge in [0.1, 0.15) is 0 Å². The highest BCUT2D eigenvalue weighted by Gasteiger charge is 2.17. The minimum Gasteiger partial charge on any atom is -0.314 e. The van der Waals surface area contributed by atoms with E-state index >= 15 is 0 Å². The molecule has 1 aliphatic heterocycles. The van der Waals surface area contributed by atoms with Crippen LogP contribution in [0, 0.1) is 19.8 Å². The third kappa shape index (κ3) is 3.57. The molecule has 1 aromatic carbocycles. The first-order chi connectivity index (χ1) is 8.15. The summed E-state index contributed by atoms with van der Waals surface area (Å²) in [6, 6.07) is 7.62. The number of benzene rings is 1. The van der Waals surface area contributed by atoms with E-state index in [4.69, 9.17) is 0 Å². The van der Waals surface area contributed by atoms with E-state index in [1.165, 1.54) is 48.9 Å². The number of nitrogens with one attached hydrogen (secondary N) is 1. The molecule has 0 spiro atoms. The lowest BCUT2D eigenvalue weighted by molar-refractivity contribution is 0.308. The van der Waals surface area contributed by atoms with E-state index in [-0.39, 0.29) is 0 Å². The summed E-state index contributed by atoms with van der Waals surface area (Å²) in [7, 11) is 0. The van der Waals surface area contributed by atoms with Crippen LogP contribution in [-0.2, 0) is 6.42 Å². The Labute approximate surface area is 106 Å². The second-order valence-electron chi connectivity index (χ2n) is 5.74. The van der Waals surface area contributed by atoms with Gasteiger partial charge >= 0.3 is 0 Å². The third-order valence-electron chi connectivity index (χ3n) is 4.11. The molecule has 1 heteroatoms. The molecule has 0 bridgehead atoms. The van der Waals surface area contributed by atoms with Crippen LogP contribution in [0.4, 0.5) is 0 Å². The molecule has 1 fully saturated rings. The maximum absolute atomic E-state index is 3.65. The lowest BCUT2D eigenvalue weighted by Crippen LogP contribution is -2.37. The Morgan fingerprint density at radius 1 is 1.24 bits per heavy atom. The largest absolute Gasteiger partial charge is 0.314 e. The first kappa shape index (κ1) is 12.6. The summed E-state index contributed by atoms with van der Waals surface area (Å²) in [6.45, 7) is 7.98. The topological polar surface area (TPSA) is 12.0 Å². The second-order valence-corrected chi connectivity index (χ2v) is 5.74. The zero-order valence-electron chi connectivity index (χ0n) is 11.4. The average molecular weight is 231 g/mol. The van der Waals surface area contributed by atoms with Crippen LogP contribution in [0.3, 0.4) is 0 Å². The summed E-state index contributed by atoms with van der Waals surface area (Å²) in [5.74, 6) is 0.904. The van der Waals surface area contributed by atoms with Crippen LogP contribution in [0.1, 0.15) is 42.9 Å². The van der Waals surface area contributed by atoms with Crippen LogP contribution in [0.25, 0.3) is 0 Å². The molecule has 1 N–H and O–H groups in total. The van der Waals surface area contributed by atoms with E-state index in [1.807, 2.05) is 0 Å². The van der Waals surface area contributed by atoms with Crippen molar-refractivity contribution in [2.45, 2.75) is 52.5 Å². The highest BCUT2D eigenvalue weighted by molar-refractivity contribution is 5.29. The predicted octanol–water partition coefficient (Wildman–Crippen LogP) is 3.62. The minimum atomic E-state index is 0.736. The highest BCUT2D eigenvalue weighted by Crippen LogP contribution is 2.19. The molecule has 0 amide bonds. The molecular weight excluding hydrogens is 206 g/mol. The molecule has 1 nitrogen and oxygen atoms in total. The van der Waals surface area contributed by atoms with Crippen molar-refractivity contribution in [3.05, 3.63) is 34.9 Å². The molecule has 2 atom stereocenters. The van der Waals surface area contributed by atoms with Gasteiger partial charge in [-0.05, 0) is 68.7 Å². The molecule has 0 radical (unpaired) electrons. The molecule has 0 saturated carbocycles. The van der Waals surface area contributed by atoms with Crippen molar-refractivity contribution in [1.82, 2.24) is 5.32 Å². The first-order valence-corrected chi connectivity index (χ1v) is 6.94. The van der Waals surface area contributed by atoms with Crippen molar-refractivity contribution in [2.24, 2.45) is 5.92 Å². The highest BCUT2D eigenvalue weighted by atomic mass is 14.9. The van der Waals surface area contributed by atoms with Gasteiger partial charge < -0.3 is 5.32 Å². The fourth-order valence-electron chi connectivity index (χ4n) is 2.74. The quantitative estimate of drug-likeness (QED) is 0.837. The molecule has 1 saturated heterocycles. The van der Waals surface area contributed by atoms with Crippen LogP contribution in [-0.4, -0.2) is 12.6 Å². The number of rotatable bonds is 3. The lowest BCUT2D eigenvalue weighted by atomic mass is 9.90. The zero-order valence-corrected chi connectivity index (χ0v) is 11.4. The normalized spacial score (nSPS) is 24.9. The SMILES string of the molecule is Cc1ccc(CCC2CC(C)CCN2)cc1C. The van der Waals surface area contributed by atoms with Gasteiger partial charge in [0.25, 0.3) is 0 Å². The predicted molar refractivity (Wildman–Crippen MR) is 74.4 cm³/mol. The van der Waals surface area contributed by atoms with Crippen molar-refractivity contribution in [3.8, 4) is 0 Å². The van der Waals surface area contributed by atoms with Crippen LogP contribution in [0.2, 0.25) is 0 Å². The summed E-state index contributed by atoms with van der Waals surface area (Å²) < 4.78 is 0. The fraction of sp³-hybridized carbons (Fsp3) is 0.625. The van der Waals surface area contributed by atoms with E-state index < -0.39 is 0 Å². The monoisotopic (exact) mass is 231 g/mol. The van der Waals surface area contributed by atoms with Crippen molar-refractivity contribution < 1.29 is 0 Å². The van der Waals surface area contributed by atoms with E-state index in [0.717, 1.165) is 12.0 Å². The molecule has 94 valence electrons. The van der Waals surface area contributed by atoms with E-state index in [1.54, 1.807) is 0 Å². The van der Waals surface area contributed by atoms with Gasteiger partial charge in [-0.1, -0.05) is 25.1 Å². The van der Waals surface area contributed by atoms with Crippen molar-refractivity contribution >= 4 is 0 Å². The van der Waals surface area contributed by atoms with Crippen molar-refractivity contribution in [1.29, 1.82) is 0 Å². The Hall–Kier alpha value is -0.820. The number of hydrogen-bond donors (Lipinski definition) is 1. The van der Waals surface area contributed by atoms with Crippen LogP contribution in [0.5, 0.6) is 0 Å². The van der Waals surface area contributed by atoms with Crippen molar-refractivity contribution in [2.75, 3.05) is 6.54 Å². The van der Waals surface area contributed by atoms with Gasteiger partial charge in [0, 0.05) is 6.04 Å². The zero-order chi connectivity index (χ0) is 12.3. The molecule has 0 aromatic heterocycles. The van der Waals surface area contributed by atoms with Gasteiger partial charge in [0.2, 0.25) is 0 Å². The summed E-state index contributed by atoms with van der Waals surface area (Å²) in [5, 5.41) is 3.65. The molecule has 17 heavy (non-hydrogen) atoms. The lowest BCUT2D eigenvalue weighted by Gasteiger charge is -2.28. The smallest absolute Gasteiger partial charge is 0.00727 e. The van der Waals surface area contributed by atoms with Crippen molar-refractivity contribution in [3.63, 3.8) is 0 Å². The van der Waals surface area contributed by atoms with Gasteiger partial charge in [0.15, 0.2) is 0 Å². The second kappa shape index (κ2) is 5.68. The van der Waals surface area contributed by atoms with Crippen LogP contribution >= 0.6 is 0 Å². The Balaban J connectivity index is 1.86. The Bertz CT molecular complexity index is 370. The molecule has 1 aliphatic rings. The number of piperidine rings is 1. The molecule has 0 aliphatic carbocycles. The third-order valence-corrected chi connectivity index (χ3v) is 4.11. The van der Waals surface area contributed by atoms with Gasteiger partial charge in [-0.25, -0.2) is 0 Å². The van der Waals surface area contributed by atoms with E-state index in [2.05, 4.69) is 44.3 Å². The Morgan fingerprint density at radius 2 is 2.06 bits per heavy atom. The van der Waals surface area contributed by atoms with E-state index in [0.29, 0.717) is 0 Å². The van der Waals surface area contributed by atoms with Gasteiger partial charge in [0.05, 0.1) is 0 Å². The molecule has 2 rings (SSSR count). The standard InChI is InChI=1S/C16H25N/c1-12-8-9-17-16(10-12)7-6-15-5-4-13(2)14(3)11-15/h4-5,11-12,16-17H,6-10H2,1-3H3. The molecule has 1 aromatic rings. The first-order valence-electron chi connectivity index (χ1n) is 6.94. The number of hydrogen-bond acceptors (Lipinski definition) is 1. The molecule has 2 unspecified atom stereocenters. The Morgan fingerprint density at radius 3 is 2.76 bits per heavy atom. The maximum Gasteiger partial charge on any atom is 0.00727 e. The van der Waals surface area contributed by atoms with E-state index in [9.17, 15) is 0 Å². The van der Waals surface area contributed by atoms with Gasteiger partial charge in [-0.2, -0.15) is 0 Å². The minimum absolute atomic E-state index is 0.736. The van der Waals surface area contributed by atoms with Crippen LogP contribution in [0.15, 0.2) is 18.2 Å². The molecular formula is C16H25N. The molecule has 1 heterocycles. The number of aryl methyl sites for hydroxylation is 3. The van der Waals surface area contributed by atoms with Gasteiger partial charge in [-0.15, -0.1) is 0 Å². The van der Waals surface area contributed by atoms with Gasteiger partial charge in [-0.3, -0.25) is 0 Å². The Kier molecular flexibility index (Phi) is 4.22. The summed E-state index contributed by atoms with van der Waals surface area (Å²) in [6.07, 6.45) is 5.20. The summed E-state index contributed by atoms with van der Waals surface area (Å²) >= 11 is 0. The van der Waals surface area contributed by atoms with Crippen LogP contribution < -0.4 is 5.32 Å². The summed E-state index contributed by atoms with van der Waals surface area (Å²) in [5.41, 5.74) is 4.32. The maximum atomic E-state index is 3.65.